The maximum Gasteiger partial charge on any atom is 0.116 e. The van der Waals surface area contributed by atoms with Gasteiger partial charge in [0.1, 0.15) is 6.17 Å². The molecule has 0 spiro atoms. The second-order valence-electron chi connectivity index (χ2n) is 3.96. The second-order valence-corrected chi connectivity index (χ2v) is 4.94. The van der Waals surface area contributed by atoms with E-state index in [0.717, 1.165) is 0 Å². The van der Waals surface area contributed by atoms with Crippen LogP contribution in [0, 0.1) is 0 Å². The van der Waals surface area contributed by atoms with Gasteiger partial charge >= 0.3 is 0 Å². The maximum atomic E-state index is 8.57. The van der Waals surface area contributed by atoms with Crippen molar-refractivity contribution in [1.29, 1.82) is 0 Å². The third-order valence-electron chi connectivity index (χ3n) is 2.77. The molecule has 0 N–H and O–H groups in total. The predicted octanol–water partition coefficient (Wildman–Crippen LogP) is 2.25. The molecule has 0 aliphatic carbocycles. The van der Waals surface area contributed by atoms with Crippen molar-refractivity contribution in [2.45, 2.75) is 23.5 Å². The van der Waals surface area contributed by atoms with Gasteiger partial charge in [-0.3, -0.25) is 0 Å². The summed E-state index contributed by atoms with van der Waals surface area (Å²) in [6, 6.07) is 0. The molecular formula is C7H13BrN8. The summed E-state index contributed by atoms with van der Waals surface area (Å²) in [5.41, 5.74) is 16.5. The Labute approximate surface area is 102 Å². The van der Waals surface area contributed by atoms with E-state index < -0.39 is 11.7 Å². The number of alkyl halides is 1. The van der Waals surface area contributed by atoms with Gasteiger partial charge in [-0.05, 0) is 11.1 Å². The lowest BCUT2D eigenvalue weighted by Crippen LogP contribution is -2.63. The van der Waals surface area contributed by atoms with Crippen LogP contribution in [0.2, 0.25) is 0 Å². The zero-order chi connectivity index (χ0) is 12.3. The van der Waals surface area contributed by atoms with Gasteiger partial charge in [0.15, 0.2) is 0 Å². The SMILES string of the molecule is CN1C[C@](C)(N=[N+]=[N-])[C@@H](Br)[C@@H](N=[N+]=[N-])N1C. The van der Waals surface area contributed by atoms with Gasteiger partial charge in [-0.2, -0.15) is 0 Å². The van der Waals surface area contributed by atoms with E-state index in [1.54, 1.807) is 0 Å². The summed E-state index contributed by atoms with van der Waals surface area (Å²) in [7, 11) is 3.67. The van der Waals surface area contributed by atoms with Crippen LogP contribution in [-0.2, 0) is 0 Å². The molecule has 0 saturated carbocycles. The molecule has 0 unspecified atom stereocenters. The maximum absolute atomic E-state index is 8.57. The van der Waals surface area contributed by atoms with Crippen molar-refractivity contribution in [2.24, 2.45) is 10.2 Å². The molecule has 1 heterocycles. The van der Waals surface area contributed by atoms with E-state index in [0.29, 0.717) is 6.54 Å². The summed E-state index contributed by atoms with van der Waals surface area (Å²) in [6.07, 6.45) is -0.417. The molecule has 8 nitrogen and oxygen atoms in total. The van der Waals surface area contributed by atoms with Crippen molar-refractivity contribution in [2.75, 3.05) is 20.6 Å². The third-order valence-corrected chi connectivity index (χ3v) is 4.23. The summed E-state index contributed by atoms with van der Waals surface area (Å²) in [6.45, 7) is 2.39. The molecular weight excluding hydrogens is 276 g/mol. The summed E-state index contributed by atoms with van der Waals surface area (Å²) >= 11 is 3.45. The normalized spacial score (nSPS) is 36.2. The molecule has 0 radical (unpaired) electrons. The smallest absolute Gasteiger partial charge is 0.116 e. The van der Waals surface area contributed by atoms with E-state index >= 15 is 0 Å². The lowest BCUT2D eigenvalue weighted by Gasteiger charge is -2.48. The Morgan fingerprint density at radius 3 is 2.50 bits per heavy atom. The second kappa shape index (κ2) is 4.90. The van der Waals surface area contributed by atoms with E-state index in [9.17, 15) is 0 Å². The topological polar surface area (TPSA) is 104 Å². The number of halogens is 1. The van der Waals surface area contributed by atoms with Crippen molar-refractivity contribution in [3.05, 3.63) is 20.9 Å². The van der Waals surface area contributed by atoms with Crippen LogP contribution in [-0.4, -0.2) is 47.2 Å². The molecule has 0 aromatic rings. The molecule has 1 rings (SSSR count). The molecule has 0 aromatic heterocycles. The van der Waals surface area contributed by atoms with Gasteiger partial charge in [0.25, 0.3) is 0 Å². The summed E-state index contributed by atoms with van der Waals surface area (Å²) < 4.78 is 0. The molecule has 1 fully saturated rings. The minimum atomic E-state index is -0.644. The van der Waals surface area contributed by atoms with E-state index in [4.69, 9.17) is 11.1 Å². The van der Waals surface area contributed by atoms with Gasteiger partial charge in [0, 0.05) is 35.3 Å². The van der Waals surface area contributed by atoms with Crippen molar-refractivity contribution in [1.82, 2.24) is 10.0 Å². The van der Waals surface area contributed by atoms with E-state index in [1.165, 1.54) is 0 Å². The highest BCUT2D eigenvalue weighted by atomic mass is 79.9. The monoisotopic (exact) mass is 288 g/mol. The molecule has 0 amide bonds. The van der Waals surface area contributed by atoms with Gasteiger partial charge in [-0.1, -0.05) is 33.1 Å². The van der Waals surface area contributed by atoms with E-state index in [1.807, 2.05) is 31.0 Å². The Hall–Kier alpha value is -0.980. The average Bonchev–Trinajstić information content (AvgIpc) is 2.22. The summed E-state index contributed by atoms with van der Waals surface area (Å²) in [4.78, 5) is 5.43. The fourth-order valence-corrected chi connectivity index (χ4v) is 2.43. The molecule has 1 aliphatic rings. The predicted molar refractivity (Wildman–Crippen MR) is 63.6 cm³/mol. The van der Waals surface area contributed by atoms with Crippen LogP contribution in [0.15, 0.2) is 10.2 Å². The number of rotatable bonds is 2. The number of nitrogens with zero attached hydrogens (tertiary/aromatic N) is 8. The van der Waals surface area contributed by atoms with E-state index in [-0.39, 0.29) is 4.83 Å². The van der Waals surface area contributed by atoms with Crippen LogP contribution in [0.25, 0.3) is 20.9 Å². The fourth-order valence-electron chi connectivity index (χ4n) is 1.75. The Bertz CT molecular complexity index is 359. The molecule has 9 heteroatoms. The van der Waals surface area contributed by atoms with Gasteiger partial charge in [0.05, 0.1) is 5.54 Å². The van der Waals surface area contributed by atoms with Crippen LogP contribution < -0.4 is 0 Å². The summed E-state index contributed by atoms with van der Waals surface area (Å²) in [5, 5.41) is 11.2. The number of likely N-dealkylation sites (N-methyl/N-ethyl adjacent to an activating group) is 1. The van der Waals surface area contributed by atoms with Crippen molar-refractivity contribution < 1.29 is 0 Å². The molecule has 88 valence electrons. The van der Waals surface area contributed by atoms with Gasteiger partial charge < -0.3 is 0 Å². The highest BCUT2D eigenvalue weighted by molar-refractivity contribution is 9.09. The Morgan fingerprint density at radius 2 is 2.00 bits per heavy atom. The number of azide groups is 2. The Kier molecular flexibility index (Phi) is 4.01. The highest BCUT2D eigenvalue weighted by Gasteiger charge is 2.45. The quantitative estimate of drug-likeness (QED) is 0.336. The molecule has 1 aliphatic heterocycles. The lowest BCUT2D eigenvalue weighted by atomic mass is 9.94. The first-order valence-corrected chi connectivity index (χ1v) is 5.56. The lowest BCUT2D eigenvalue weighted by molar-refractivity contribution is -0.0656. The fraction of sp³-hybridized carbons (Fsp3) is 1.00. The van der Waals surface area contributed by atoms with E-state index in [2.05, 4.69) is 36.0 Å². The molecule has 1 saturated heterocycles. The minimum Gasteiger partial charge on any atom is -0.244 e. The van der Waals surface area contributed by atoms with Gasteiger partial charge in [-0.25, -0.2) is 10.0 Å². The first-order valence-electron chi connectivity index (χ1n) is 4.64. The summed E-state index contributed by atoms with van der Waals surface area (Å²) in [5.74, 6) is 0. The number of hydrogen-bond donors (Lipinski definition) is 0. The molecule has 0 aromatic carbocycles. The molecule has 0 bridgehead atoms. The highest BCUT2D eigenvalue weighted by Crippen LogP contribution is 2.34. The minimum absolute atomic E-state index is 0.229. The zero-order valence-electron chi connectivity index (χ0n) is 9.32. The third kappa shape index (κ3) is 2.23. The average molecular weight is 289 g/mol. The Balaban J connectivity index is 3.10. The zero-order valence-corrected chi connectivity index (χ0v) is 10.9. The van der Waals surface area contributed by atoms with Crippen molar-refractivity contribution in [3.8, 4) is 0 Å². The Morgan fingerprint density at radius 1 is 1.38 bits per heavy atom. The molecule has 16 heavy (non-hydrogen) atoms. The van der Waals surface area contributed by atoms with Crippen LogP contribution in [0.5, 0.6) is 0 Å². The van der Waals surface area contributed by atoms with Crippen LogP contribution in [0.1, 0.15) is 6.92 Å². The van der Waals surface area contributed by atoms with Crippen molar-refractivity contribution >= 4 is 15.9 Å². The van der Waals surface area contributed by atoms with Gasteiger partial charge in [-0.15, -0.1) is 0 Å². The molecule has 3 atom stereocenters. The van der Waals surface area contributed by atoms with Gasteiger partial charge in [0.2, 0.25) is 0 Å². The van der Waals surface area contributed by atoms with Crippen LogP contribution in [0.4, 0.5) is 0 Å². The van der Waals surface area contributed by atoms with Crippen LogP contribution in [0.3, 0.4) is 0 Å². The number of hydrazine groups is 1. The van der Waals surface area contributed by atoms with Crippen molar-refractivity contribution in [3.63, 3.8) is 0 Å². The first-order chi connectivity index (χ1) is 7.46. The standard InChI is InChI=1S/C7H13BrN8/c1-7(12-14-10)4-15(2)16(3)6(5(7)8)11-13-9/h5-6H,4H2,1-3H3/t5-,6-,7-/m0/s1. The van der Waals surface area contributed by atoms with Crippen LogP contribution >= 0.6 is 15.9 Å². The number of hydrogen-bond acceptors (Lipinski definition) is 4. The largest absolute Gasteiger partial charge is 0.244 e. The first kappa shape index (κ1) is 13.1.